The molecule has 2 rings (SSSR count). The molecule has 1 aliphatic heterocycles. The number of nitrogens with zero attached hydrogens (tertiary/aromatic N) is 1. The lowest BCUT2D eigenvalue weighted by Crippen LogP contribution is -2.50. The van der Waals surface area contributed by atoms with Crippen molar-refractivity contribution in [2.24, 2.45) is 0 Å². The van der Waals surface area contributed by atoms with Crippen LogP contribution in [0.1, 0.15) is 53.5 Å². The van der Waals surface area contributed by atoms with Crippen molar-refractivity contribution in [1.82, 2.24) is 4.90 Å². The van der Waals surface area contributed by atoms with Gasteiger partial charge in [-0.05, 0) is 50.9 Å². The van der Waals surface area contributed by atoms with Crippen LogP contribution >= 0.6 is 0 Å². The lowest BCUT2D eigenvalue weighted by Gasteiger charge is -2.40. The summed E-state index contributed by atoms with van der Waals surface area (Å²) in [6.07, 6.45) is -0.130. The second-order valence-electron chi connectivity index (χ2n) is 10.1. The minimum absolute atomic E-state index is 0.0205. The third-order valence-electron chi connectivity index (χ3n) is 5.54. The van der Waals surface area contributed by atoms with E-state index >= 15 is 0 Å². The molecule has 0 aromatic heterocycles. The number of imide groups is 1. The fourth-order valence-corrected chi connectivity index (χ4v) is 4.41. The summed E-state index contributed by atoms with van der Waals surface area (Å²) in [4.78, 5) is 26.9. The van der Waals surface area contributed by atoms with Gasteiger partial charge in [-0.3, -0.25) is 4.79 Å². The molecule has 6 heteroatoms. The Morgan fingerprint density at radius 3 is 2.18 bits per heavy atom. The van der Waals surface area contributed by atoms with Crippen molar-refractivity contribution >= 4 is 20.3 Å². The highest BCUT2D eigenvalue weighted by Gasteiger charge is 2.49. The van der Waals surface area contributed by atoms with Crippen LogP contribution in [-0.4, -0.2) is 43.0 Å². The standard InChI is InChI=1S/C22H35NO4Si/c1-21(2,3)26-20(25)23-17(14-16-12-10-9-11-13-16)18(15-19(23)24)27-28(7,8)22(4,5)6/h9-13,17-18H,14-15H2,1-8H3/t17-,18-/m1/s1. The van der Waals surface area contributed by atoms with Crippen molar-refractivity contribution in [3.05, 3.63) is 35.9 Å². The van der Waals surface area contributed by atoms with Crippen molar-refractivity contribution in [2.45, 2.75) is 90.3 Å². The van der Waals surface area contributed by atoms with E-state index in [0.717, 1.165) is 5.56 Å². The molecule has 1 fully saturated rings. The first-order chi connectivity index (χ1) is 12.7. The van der Waals surface area contributed by atoms with Gasteiger partial charge in [0.05, 0.1) is 18.6 Å². The average Bonchev–Trinajstić information content (AvgIpc) is 2.80. The zero-order valence-electron chi connectivity index (χ0n) is 18.5. The van der Waals surface area contributed by atoms with Crippen LogP contribution in [0.5, 0.6) is 0 Å². The van der Waals surface area contributed by atoms with Gasteiger partial charge in [0.2, 0.25) is 5.91 Å². The number of rotatable bonds is 4. The zero-order chi connectivity index (χ0) is 21.3. The van der Waals surface area contributed by atoms with Crippen molar-refractivity contribution in [3.63, 3.8) is 0 Å². The second-order valence-corrected chi connectivity index (χ2v) is 14.9. The molecule has 0 unspecified atom stereocenters. The molecule has 2 amide bonds. The summed E-state index contributed by atoms with van der Waals surface area (Å²) < 4.78 is 12.1. The van der Waals surface area contributed by atoms with E-state index in [1.807, 2.05) is 30.3 Å². The maximum absolute atomic E-state index is 12.8. The molecule has 1 aliphatic rings. The molecule has 5 nitrogen and oxygen atoms in total. The van der Waals surface area contributed by atoms with Gasteiger partial charge in [-0.25, -0.2) is 9.69 Å². The molecule has 0 bridgehead atoms. The van der Waals surface area contributed by atoms with E-state index < -0.39 is 20.0 Å². The molecule has 0 aliphatic carbocycles. The minimum atomic E-state index is -2.10. The highest BCUT2D eigenvalue weighted by atomic mass is 28.4. The molecule has 1 heterocycles. The SMILES string of the molecule is CC(C)(C)OC(=O)N1C(=O)C[C@@H](O[Si](C)(C)C(C)(C)C)[C@H]1Cc1ccccc1. The van der Waals surface area contributed by atoms with E-state index in [9.17, 15) is 9.59 Å². The maximum Gasteiger partial charge on any atom is 0.417 e. The Kier molecular flexibility index (Phi) is 6.46. The van der Waals surface area contributed by atoms with E-state index in [1.165, 1.54) is 4.90 Å². The molecule has 0 spiro atoms. The van der Waals surface area contributed by atoms with Gasteiger partial charge < -0.3 is 9.16 Å². The summed E-state index contributed by atoms with van der Waals surface area (Å²) in [5.41, 5.74) is 0.409. The Hall–Kier alpha value is -1.66. The first-order valence-corrected chi connectivity index (χ1v) is 12.9. The first kappa shape index (κ1) is 22.6. The average molecular weight is 406 g/mol. The van der Waals surface area contributed by atoms with E-state index in [1.54, 1.807) is 20.8 Å². The Morgan fingerprint density at radius 1 is 1.11 bits per heavy atom. The van der Waals surface area contributed by atoms with Crippen molar-refractivity contribution < 1.29 is 18.8 Å². The first-order valence-electron chi connectivity index (χ1n) is 9.98. The zero-order valence-corrected chi connectivity index (χ0v) is 19.5. The molecule has 1 aromatic rings. The number of benzene rings is 1. The third-order valence-corrected chi connectivity index (χ3v) is 10.0. The summed E-state index contributed by atoms with van der Waals surface area (Å²) in [6, 6.07) is 9.55. The Morgan fingerprint density at radius 2 is 1.68 bits per heavy atom. The van der Waals surface area contributed by atoms with Crippen molar-refractivity contribution in [1.29, 1.82) is 0 Å². The van der Waals surface area contributed by atoms with Gasteiger partial charge >= 0.3 is 6.09 Å². The van der Waals surface area contributed by atoms with Gasteiger partial charge in [-0.1, -0.05) is 51.1 Å². The quantitative estimate of drug-likeness (QED) is 0.650. The van der Waals surface area contributed by atoms with Crippen LogP contribution in [0.3, 0.4) is 0 Å². The highest BCUT2D eigenvalue weighted by molar-refractivity contribution is 6.74. The maximum atomic E-state index is 12.8. The van der Waals surface area contributed by atoms with Crippen LogP contribution in [-0.2, 0) is 20.4 Å². The van der Waals surface area contributed by atoms with E-state index in [0.29, 0.717) is 6.42 Å². The molecule has 1 saturated heterocycles. The number of carbonyl (C=O) groups is 2. The van der Waals surface area contributed by atoms with Crippen LogP contribution in [0.25, 0.3) is 0 Å². The number of likely N-dealkylation sites (tertiary alicyclic amines) is 1. The predicted octanol–water partition coefficient (Wildman–Crippen LogP) is 5.16. The van der Waals surface area contributed by atoms with Gasteiger partial charge in [-0.2, -0.15) is 0 Å². The summed E-state index contributed by atoms with van der Waals surface area (Å²) >= 11 is 0. The molecule has 0 N–H and O–H groups in total. The highest BCUT2D eigenvalue weighted by Crippen LogP contribution is 2.40. The van der Waals surface area contributed by atoms with Gasteiger partial charge in [0, 0.05) is 0 Å². The second kappa shape index (κ2) is 7.99. The summed E-state index contributed by atoms with van der Waals surface area (Å²) in [5.74, 6) is -0.223. The number of carbonyl (C=O) groups excluding carboxylic acids is 2. The molecular formula is C22H35NO4Si. The Bertz CT molecular complexity index is 703. The van der Waals surface area contributed by atoms with E-state index in [2.05, 4.69) is 33.9 Å². The summed E-state index contributed by atoms with van der Waals surface area (Å²) in [7, 11) is -2.10. The van der Waals surface area contributed by atoms with Gasteiger partial charge in [0.1, 0.15) is 5.60 Å². The van der Waals surface area contributed by atoms with Crippen LogP contribution in [0.15, 0.2) is 30.3 Å². The number of hydrogen-bond acceptors (Lipinski definition) is 4. The molecular weight excluding hydrogens is 370 g/mol. The molecule has 0 saturated carbocycles. The van der Waals surface area contributed by atoms with Gasteiger partial charge in [-0.15, -0.1) is 0 Å². The third kappa shape index (κ3) is 5.45. The largest absolute Gasteiger partial charge is 0.443 e. The smallest absolute Gasteiger partial charge is 0.417 e. The molecule has 0 radical (unpaired) electrons. The van der Waals surface area contributed by atoms with Crippen LogP contribution in [0, 0.1) is 0 Å². The van der Waals surface area contributed by atoms with Gasteiger partial charge in [0.15, 0.2) is 8.32 Å². The van der Waals surface area contributed by atoms with Crippen LogP contribution in [0.2, 0.25) is 18.1 Å². The number of ether oxygens (including phenoxy) is 1. The Balaban J connectivity index is 2.33. The normalized spacial score (nSPS) is 21.1. The van der Waals surface area contributed by atoms with Gasteiger partial charge in [0.25, 0.3) is 0 Å². The van der Waals surface area contributed by atoms with E-state index in [-0.39, 0.29) is 29.5 Å². The summed E-state index contributed by atoms with van der Waals surface area (Å²) in [5, 5.41) is 0.0205. The minimum Gasteiger partial charge on any atom is -0.443 e. The lowest BCUT2D eigenvalue weighted by molar-refractivity contribution is -0.128. The molecule has 156 valence electrons. The fraction of sp³-hybridized carbons (Fsp3) is 0.636. The van der Waals surface area contributed by atoms with Crippen molar-refractivity contribution in [3.8, 4) is 0 Å². The van der Waals surface area contributed by atoms with E-state index in [4.69, 9.17) is 9.16 Å². The van der Waals surface area contributed by atoms with Crippen LogP contribution in [0.4, 0.5) is 4.79 Å². The van der Waals surface area contributed by atoms with Crippen LogP contribution < -0.4 is 0 Å². The predicted molar refractivity (Wildman–Crippen MR) is 114 cm³/mol. The molecule has 2 atom stereocenters. The monoisotopic (exact) mass is 405 g/mol. The summed E-state index contributed by atoms with van der Waals surface area (Å²) in [6.45, 7) is 16.3. The fourth-order valence-electron chi connectivity index (χ4n) is 3.06. The lowest BCUT2D eigenvalue weighted by atomic mass is 10.0. The Labute approximate surface area is 170 Å². The number of hydrogen-bond donors (Lipinski definition) is 0. The molecule has 28 heavy (non-hydrogen) atoms. The molecule has 1 aromatic carbocycles. The van der Waals surface area contributed by atoms with Crippen molar-refractivity contribution in [2.75, 3.05) is 0 Å². The number of amides is 2. The topological polar surface area (TPSA) is 55.8 Å².